The number of hydrogen-bond acceptors (Lipinski definition) is 6. The number of anilines is 2. The first-order valence-electron chi connectivity index (χ1n) is 6.59. The van der Waals surface area contributed by atoms with E-state index < -0.39 is 11.7 Å². The van der Waals surface area contributed by atoms with Gasteiger partial charge in [-0.1, -0.05) is 0 Å². The average molecular weight is 312 g/mol. The zero-order valence-electron chi connectivity index (χ0n) is 12.1. The summed E-state index contributed by atoms with van der Waals surface area (Å²) in [6, 6.07) is 3.96. The van der Waals surface area contributed by atoms with Crippen molar-refractivity contribution in [2.24, 2.45) is 10.2 Å². The summed E-state index contributed by atoms with van der Waals surface area (Å²) in [7, 11) is 3.51. The van der Waals surface area contributed by atoms with Gasteiger partial charge in [0.05, 0.1) is 5.56 Å². The number of hydrazone groups is 2. The second-order valence-corrected chi connectivity index (χ2v) is 5.24. The minimum Gasteiger partial charge on any atom is -0.311 e. The lowest BCUT2D eigenvalue weighted by Crippen LogP contribution is -2.27. The number of nitrogens with zero attached hydrogens (tertiary/aromatic N) is 6. The third-order valence-electron chi connectivity index (χ3n) is 3.38. The van der Waals surface area contributed by atoms with E-state index in [0.717, 1.165) is 12.1 Å². The average Bonchev–Trinajstić information content (AvgIpc) is 3.06. The molecule has 0 aromatic heterocycles. The molecule has 2 aliphatic rings. The Morgan fingerprint density at radius 3 is 1.64 bits per heavy atom. The van der Waals surface area contributed by atoms with Gasteiger partial charge in [-0.2, -0.15) is 23.4 Å². The summed E-state index contributed by atoms with van der Waals surface area (Å²) in [4.78, 5) is 3.32. The molecule has 0 bridgehead atoms. The highest BCUT2D eigenvalue weighted by Crippen LogP contribution is 2.36. The molecule has 2 heterocycles. The van der Waals surface area contributed by atoms with Gasteiger partial charge in [-0.05, 0) is 18.2 Å². The zero-order chi connectivity index (χ0) is 15.9. The highest BCUT2D eigenvalue weighted by atomic mass is 19.4. The van der Waals surface area contributed by atoms with Crippen molar-refractivity contribution in [2.75, 3.05) is 37.2 Å². The fraction of sp³-hybridized carbons (Fsp3) is 0.385. The van der Waals surface area contributed by atoms with Gasteiger partial charge < -0.3 is 9.80 Å². The summed E-state index contributed by atoms with van der Waals surface area (Å²) in [5.41, 5.74) is 0.202. The molecule has 0 radical (unpaired) electrons. The Labute approximate surface area is 125 Å². The number of benzene rings is 1. The van der Waals surface area contributed by atoms with Gasteiger partial charge in [-0.15, -0.1) is 0 Å². The van der Waals surface area contributed by atoms with Crippen LogP contribution in [0.4, 0.5) is 24.5 Å². The highest BCUT2D eigenvalue weighted by Gasteiger charge is 2.32. The normalized spacial score (nSPS) is 18.0. The molecule has 22 heavy (non-hydrogen) atoms. The second kappa shape index (κ2) is 5.08. The Morgan fingerprint density at radius 1 is 0.864 bits per heavy atom. The van der Waals surface area contributed by atoms with Crippen LogP contribution in [0.5, 0.6) is 0 Å². The highest BCUT2D eigenvalue weighted by molar-refractivity contribution is 5.86. The van der Waals surface area contributed by atoms with Crippen molar-refractivity contribution in [2.45, 2.75) is 6.18 Å². The molecule has 3 rings (SSSR count). The maximum Gasteiger partial charge on any atom is 0.416 e. The molecule has 2 aliphatic heterocycles. The summed E-state index contributed by atoms with van der Waals surface area (Å²) in [5, 5.41) is 11.3. The van der Waals surface area contributed by atoms with E-state index >= 15 is 0 Å². The van der Waals surface area contributed by atoms with Crippen molar-refractivity contribution in [1.29, 1.82) is 0 Å². The summed E-state index contributed by atoms with van der Waals surface area (Å²) >= 11 is 0. The second-order valence-electron chi connectivity index (χ2n) is 5.24. The molecule has 1 aromatic carbocycles. The molecule has 6 nitrogen and oxygen atoms in total. The van der Waals surface area contributed by atoms with Crippen molar-refractivity contribution in [3.8, 4) is 0 Å². The number of rotatable bonds is 2. The van der Waals surface area contributed by atoms with Crippen molar-refractivity contribution in [3.63, 3.8) is 0 Å². The van der Waals surface area contributed by atoms with Crippen LogP contribution in [0.15, 0.2) is 28.4 Å². The van der Waals surface area contributed by atoms with Crippen LogP contribution in [-0.4, -0.2) is 50.1 Å². The van der Waals surface area contributed by atoms with Gasteiger partial charge in [0.1, 0.15) is 26.0 Å². The summed E-state index contributed by atoms with van der Waals surface area (Å²) in [6.45, 7) is 0.823. The molecule has 0 saturated carbocycles. The molecule has 0 saturated heterocycles. The first-order valence-corrected chi connectivity index (χ1v) is 6.59. The monoisotopic (exact) mass is 312 g/mol. The van der Waals surface area contributed by atoms with Gasteiger partial charge in [0.2, 0.25) is 0 Å². The van der Waals surface area contributed by atoms with E-state index in [1.54, 1.807) is 40.0 Å². The number of halogens is 3. The van der Waals surface area contributed by atoms with Crippen LogP contribution in [0.25, 0.3) is 0 Å². The number of alkyl halides is 3. The van der Waals surface area contributed by atoms with Gasteiger partial charge >= 0.3 is 6.18 Å². The third-order valence-corrected chi connectivity index (χ3v) is 3.38. The van der Waals surface area contributed by atoms with E-state index in [1.165, 1.54) is 12.7 Å². The van der Waals surface area contributed by atoms with Crippen LogP contribution in [0.2, 0.25) is 0 Å². The Hall–Kier alpha value is -2.45. The smallest absolute Gasteiger partial charge is 0.311 e. The Bertz CT molecular complexity index is 582. The van der Waals surface area contributed by atoms with Crippen LogP contribution in [-0.2, 0) is 6.18 Å². The molecule has 0 unspecified atom stereocenters. The van der Waals surface area contributed by atoms with E-state index in [0.29, 0.717) is 24.7 Å². The van der Waals surface area contributed by atoms with Crippen molar-refractivity contribution < 1.29 is 13.2 Å². The first-order chi connectivity index (χ1) is 10.3. The Morgan fingerprint density at radius 2 is 1.32 bits per heavy atom. The predicted molar refractivity (Wildman–Crippen MR) is 78.6 cm³/mol. The Kier molecular flexibility index (Phi) is 3.34. The van der Waals surface area contributed by atoms with E-state index in [-0.39, 0.29) is 0 Å². The van der Waals surface area contributed by atoms with E-state index in [1.807, 2.05) is 0 Å². The maximum atomic E-state index is 13.1. The zero-order valence-corrected chi connectivity index (χ0v) is 12.1. The molecule has 0 amide bonds. The topological polar surface area (TPSA) is 37.7 Å². The van der Waals surface area contributed by atoms with Crippen LogP contribution < -0.4 is 9.80 Å². The number of hydrogen-bond donors (Lipinski definition) is 0. The van der Waals surface area contributed by atoms with Gasteiger partial charge in [-0.3, -0.25) is 10.0 Å². The molecule has 0 fully saturated rings. The van der Waals surface area contributed by atoms with Crippen molar-refractivity contribution in [1.82, 2.24) is 10.0 Å². The third kappa shape index (κ3) is 2.78. The quantitative estimate of drug-likeness (QED) is 0.837. The Balaban J connectivity index is 1.99. The predicted octanol–water partition coefficient (Wildman–Crippen LogP) is 2.01. The van der Waals surface area contributed by atoms with Gasteiger partial charge in [0.15, 0.2) is 0 Å². The van der Waals surface area contributed by atoms with Crippen LogP contribution in [0, 0.1) is 0 Å². The van der Waals surface area contributed by atoms with Crippen LogP contribution >= 0.6 is 0 Å². The lowest BCUT2D eigenvalue weighted by atomic mass is 10.1. The van der Waals surface area contributed by atoms with E-state index in [2.05, 4.69) is 10.2 Å². The fourth-order valence-corrected chi connectivity index (χ4v) is 2.28. The SMILES string of the molecule is CN1CN(c2cc(N3C=NN(C)C3)cc(C(F)(F)F)c2)C=N1. The summed E-state index contributed by atoms with van der Waals surface area (Å²) < 4.78 is 39.4. The molecule has 0 atom stereocenters. The van der Waals surface area contributed by atoms with Gasteiger partial charge in [-0.25, -0.2) is 0 Å². The molecule has 1 aromatic rings. The van der Waals surface area contributed by atoms with Crippen molar-refractivity contribution >= 4 is 24.1 Å². The summed E-state index contributed by atoms with van der Waals surface area (Å²) in [6.07, 6.45) is -1.37. The maximum absolute atomic E-state index is 13.1. The molecule has 0 spiro atoms. The minimum atomic E-state index is -4.41. The molecule has 9 heteroatoms. The van der Waals surface area contributed by atoms with Gasteiger partial charge in [0, 0.05) is 25.5 Å². The molecular weight excluding hydrogens is 297 g/mol. The lowest BCUT2D eigenvalue weighted by molar-refractivity contribution is -0.137. The standard InChI is InChI=1S/C13H15F3N6/c1-19-8-21(6-17-19)11-3-10(13(14,15)16)4-12(5-11)22-7-18-20(2)9-22/h3-7H,8-9H2,1-2H3. The molecule has 0 aliphatic carbocycles. The summed E-state index contributed by atoms with van der Waals surface area (Å²) in [5.74, 6) is 0. The van der Waals surface area contributed by atoms with Crippen molar-refractivity contribution in [3.05, 3.63) is 23.8 Å². The minimum absolute atomic E-state index is 0.411. The fourth-order valence-electron chi connectivity index (χ4n) is 2.28. The lowest BCUT2D eigenvalue weighted by Gasteiger charge is -2.22. The van der Waals surface area contributed by atoms with E-state index in [9.17, 15) is 13.2 Å². The molecule has 118 valence electrons. The van der Waals surface area contributed by atoms with E-state index in [4.69, 9.17) is 0 Å². The van der Waals surface area contributed by atoms with Crippen LogP contribution in [0.1, 0.15) is 5.56 Å². The molecule has 0 N–H and O–H groups in total. The van der Waals surface area contributed by atoms with Gasteiger partial charge in [0.25, 0.3) is 0 Å². The molecular formula is C13H15F3N6. The largest absolute Gasteiger partial charge is 0.416 e. The van der Waals surface area contributed by atoms with Crippen LogP contribution in [0.3, 0.4) is 0 Å². The first kappa shape index (κ1) is 14.5.